The lowest BCUT2D eigenvalue weighted by molar-refractivity contribution is 0.0772. The number of aryl methyl sites for hydroxylation is 2. The second-order valence-corrected chi connectivity index (χ2v) is 8.35. The third-order valence-corrected chi connectivity index (χ3v) is 6.19. The third kappa shape index (κ3) is 4.08. The smallest absolute Gasteiger partial charge is 0.254 e. The number of hydrogen-bond acceptors (Lipinski definition) is 4. The number of rotatable bonds is 8. The Hall–Kier alpha value is -2.79. The number of ether oxygens (including phenoxy) is 1. The number of amides is 1. The van der Waals surface area contributed by atoms with Crippen LogP contribution in [0, 0.1) is 13.8 Å². The molecule has 0 atom stereocenters. The van der Waals surface area contributed by atoms with Gasteiger partial charge in [0.2, 0.25) is 0 Å². The first kappa shape index (κ1) is 20.5. The number of carbonyl (C=O) groups excluding carboxylic acids is 1. The summed E-state index contributed by atoms with van der Waals surface area (Å²) in [5.74, 6) is 0.987. The first-order valence-corrected chi connectivity index (χ1v) is 10.6. The first-order valence-electron chi connectivity index (χ1n) is 10.6. The monoisotopic (exact) mass is 406 g/mol. The van der Waals surface area contributed by atoms with E-state index in [9.17, 15) is 4.79 Å². The highest BCUT2D eigenvalue weighted by Gasteiger charge is 2.27. The molecule has 4 rings (SSSR count). The van der Waals surface area contributed by atoms with Gasteiger partial charge in [0.05, 0.1) is 13.4 Å². The van der Waals surface area contributed by atoms with E-state index < -0.39 is 0 Å². The second kappa shape index (κ2) is 8.52. The van der Waals surface area contributed by atoms with Gasteiger partial charge in [-0.1, -0.05) is 6.07 Å². The molecule has 2 aromatic carbocycles. The summed E-state index contributed by atoms with van der Waals surface area (Å²) in [7, 11) is 3.80. The Labute approximate surface area is 178 Å². The number of methoxy groups -OCH3 is 1. The van der Waals surface area contributed by atoms with Gasteiger partial charge in [-0.2, -0.15) is 0 Å². The van der Waals surface area contributed by atoms with E-state index in [1.807, 2.05) is 29.4 Å². The predicted octanol–water partition coefficient (Wildman–Crippen LogP) is 4.58. The van der Waals surface area contributed by atoms with Crippen LogP contribution in [0.25, 0.3) is 11.0 Å². The number of fused-ring (bicyclic) bond motifs is 2. The fourth-order valence-corrected chi connectivity index (χ4v) is 4.17. The van der Waals surface area contributed by atoms with Crippen LogP contribution in [0.5, 0.6) is 5.75 Å². The molecule has 0 saturated carbocycles. The minimum Gasteiger partial charge on any atom is -0.497 e. The fraction of sp³-hybridized carbons (Fsp3) is 0.400. The van der Waals surface area contributed by atoms with Crippen molar-refractivity contribution in [2.45, 2.75) is 33.2 Å². The van der Waals surface area contributed by atoms with Crippen molar-refractivity contribution < 1.29 is 13.9 Å². The summed E-state index contributed by atoms with van der Waals surface area (Å²) in [5.41, 5.74) is 6.58. The van der Waals surface area contributed by atoms with Crippen LogP contribution in [0.1, 0.15) is 39.0 Å². The molecule has 0 saturated heterocycles. The SMILES string of the molecule is COc1ccc2c(CCN(C)CCCN3Cc4cc(C)c(C)cc4C3=O)coc2c1. The molecule has 0 aliphatic carbocycles. The fourth-order valence-electron chi connectivity index (χ4n) is 4.17. The molecule has 1 aromatic heterocycles. The van der Waals surface area contributed by atoms with Crippen LogP contribution in [0.4, 0.5) is 0 Å². The van der Waals surface area contributed by atoms with Gasteiger partial charge >= 0.3 is 0 Å². The van der Waals surface area contributed by atoms with Crippen LogP contribution in [0.2, 0.25) is 0 Å². The molecular formula is C25H30N2O3. The summed E-state index contributed by atoms with van der Waals surface area (Å²) in [4.78, 5) is 17.0. The lowest BCUT2D eigenvalue weighted by Crippen LogP contribution is -2.29. The molecule has 1 amide bonds. The van der Waals surface area contributed by atoms with E-state index >= 15 is 0 Å². The second-order valence-electron chi connectivity index (χ2n) is 8.35. The number of nitrogens with zero attached hydrogens (tertiary/aromatic N) is 2. The zero-order chi connectivity index (χ0) is 21.3. The number of benzene rings is 2. The zero-order valence-electron chi connectivity index (χ0n) is 18.3. The largest absolute Gasteiger partial charge is 0.497 e. The Morgan fingerprint density at radius 1 is 1.13 bits per heavy atom. The molecule has 0 fully saturated rings. The lowest BCUT2D eigenvalue weighted by atomic mass is 10.0. The summed E-state index contributed by atoms with van der Waals surface area (Å²) in [6.45, 7) is 7.63. The molecule has 158 valence electrons. The number of hydrogen-bond donors (Lipinski definition) is 0. The van der Waals surface area contributed by atoms with Crippen molar-refractivity contribution in [3.8, 4) is 5.75 Å². The van der Waals surface area contributed by atoms with E-state index in [-0.39, 0.29) is 5.91 Å². The molecule has 1 aliphatic rings. The standard InChI is InChI=1S/C25H30N2O3/c1-17-12-20-15-27(25(28)23(20)13-18(17)2)10-5-9-26(3)11-8-19-16-30-24-14-21(29-4)6-7-22(19)24/h6-7,12-14,16H,5,8-11,15H2,1-4H3. The quantitative estimate of drug-likeness (QED) is 0.549. The van der Waals surface area contributed by atoms with E-state index in [0.717, 1.165) is 61.3 Å². The lowest BCUT2D eigenvalue weighted by Gasteiger charge is -2.20. The highest BCUT2D eigenvalue weighted by Crippen LogP contribution is 2.27. The summed E-state index contributed by atoms with van der Waals surface area (Å²) in [5, 5.41) is 1.15. The van der Waals surface area contributed by atoms with Gasteiger partial charge in [-0.05, 0) is 80.7 Å². The van der Waals surface area contributed by atoms with Gasteiger partial charge in [-0.25, -0.2) is 0 Å². The van der Waals surface area contributed by atoms with Gasteiger partial charge < -0.3 is 19.0 Å². The topological polar surface area (TPSA) is 45.9 Å². The van der Waals surface area contributed by atoms with Crippen LogP contribution < -0.4 is 4.74 Å². The Balaban J connectivity index is 1.26. The average molecular weight is 407 g/mol. The molecular weight excluding hydrogens is 376 g/mol. The van der Waals surface area contributed by atoms with Gasteiger partial charge in [0.25, 0.3) is 5.91 Å². The third-order valence-electron chi connectivity index (χ3n) is 6.19. The van der Waals surface area contributed by atoms with Crippen molar-refractivity contribution in [2.75, 3.05) is 33.8 Å². The van der Waals surface area contributed by atoms with Crippen molar-refractivity contribution >= 4 is 16.9 Å². The first-order chi connectivity index (χ1) is 14.5. The summed E-state index contributed by atoms with van der Waals surface area (Å²) in [6.07, 6.45) is 3.75. The van der Waals surface area contributed by atoms with Crippen molar-refractivity contribution in [3.05, 3.63) is 64.4 Å². The van der Waals surface area contributed by atoms with Gasteiger partial charge in [-0.15, -0.1) is 0 Å². The highest BCUT2D eigenvalue weighted by molar-refractivity contribution is 5.98. The number of furan rings is 1. The van der Waals surface area contributed by atoms with Crippen molar-refractivity contribution in [1.82, 2.24) is 9.80 Å². The van der Waals surface area contributed by atoms with Crippen LogP contribution >= 0.6 is 0 Å². The van der Waals surface area contributed by atoms with Crippen LogP contribution in [0.15, 0.2) is 41.0 Å². The molecule has 0 bridgehead atoms. The van der Waals surface area contributed by atoms with E-state index in [4.69, 9.17) is 9.15 Å². The Kier molecular flexibility index (Phi) is 5.82. The predicted molar refractivity (Wildman–Crippen MR) is 119 cm³/mol. The molecule has 3 aromatic rings. The van der Waals surface area contributed by atoms with Gasteiger partial charge in [0, 0.05) is 36.7 Å². The Morgan fingerprint density at radius 2 is 1.93 bits per heavy atom. The Bertz CT molecular complexity index is 1070. The maximum Gasteiger partial charge on any atom is 0.254 e. The number of likely N-dealkylation sites (N-methyl/N-ethyl adjacent to an activating group) is 1. The van der Waals surface area contributed by atoms with Crippen LogP contribution in [-0.4, -0.2) is 49.5 Å². The van der Waals surface area contributed by atoms with Gasteiger partial charge in [0.1, 0.15) is 11.3 Å². The molecule has 30 heavy (non-hydrogen) atoms. The van der Waals surface area contributed by atoms with Crippen LogP contribution in [-0.2, 0) is 13.0 Å². The van der Waals surface area contributed by atoms with Crippen molar-refractivity contribution in [3.63, 3.8) is 0 Å². The maximum atomic E-state index is 12.7. The zero-order valence-corrected chi connectivity index (χ0v) is 18.3. The van der Waals surface area contributed by atoms with Gasteiger partial charge in [0.15, 0.2) is 0 Å². The summed E-state index contributed by atoms with van der Waals surface area (Å²) >= 11 is 0. The Morgan fingerprint density at radius 3 is 2.73 bits per heavy atom. The maximum absolute atomic E-state index is 12.7. The van der Waals surface area contributed by atoms with Crippen molar-refractivity contribution in [2.24, 2.45) is 0 Å². The van der Waals surface area contributed by atoms with E-state index in [0.29, 0.717) is 0 Å². The molecule has 0 spiro atoms. The average Bonchev–Trinajstić information content (AvgIpc) is 3.27. The molecule has 5 heteroatoms. The van der Waals surface area contributed by atoms with Crippen molar-refractivity contribution in [1.29, 1.82) is 0 Å². The highest BCUT2D eigenvalue weighted by atomic mass is 16.5. The number of carbonyl (C=O) groups is 1. The molecule has 0 radical (unpaired) electrons. The van der Waals surface area contributed by atoms with E-state index in [1.165, 1.54) is 22.3 Å². The molecule has 2 heterocycles. The molecule has 0 N–H and O–H groups in total. The molecule has 5 nitrogen and oxygen atoms in total. The molecule has 0 unspecified atom stereocenters. The minimum absolute atomic E-state index is 0.177. The molecule has 1 aliphatic heterocycles. The van der Waals surface area contributed by atoms with E-state index in [1.54, 1.807) is 7.11 Å². The van der Waals surface area contributed by atoms with Gasteiger partial charge in [-0.3, -0.25) is 4.79 Å². The normalized spacial score (nSPS) is 13.5. The minimum atomic E-state index is 0.177. The van der Waals surface area contributed by atoms with Crippen LogP contribution in [0.3, 0.4) is 0 Å². The van der Waals surface area contributed by atoms with E-state index in [2.05, 4.69) is 37.9 Å². The summed E-state index contributed by atoms with van der Waals surface area (Å²) in [6, 6.07) is 10.2. The summed E-state index contributed by atoms with van der Waals surface area (Å²) < 4.78 is 10.9.